The summed E-state index contributed by atoms with van der Waals surface area (Å²) < 4.78 is 2.07. The summed E-state index contributed by atoms with van der Waals surface area (Å²) in [4.78, 5) is 45.0. The number of likely N-dealkylation sites (tertiary alicyclic amines) is 1. The van der Waals surface area contributed by atoms with Gasteiger partial charge in [0.05, 0.1) is 12.0 Å². The van der Waals surface area contributed by atoms with Crippen LogP contribution in [0.4, 0.5) is 5.69 Å². The third-order valence-corrected chi connectivity index (χ3v) is 7.10. The van der Waals surface area contributed by atoms with E-state index < -0.39 is 6.04 Å². The van der Waals surface area contributed by atoms with E-state index in [0.717, 1.165) is 37.3 Å². The van der Waals surface area contributed by atoms with Gasteiger partial charge in [0.2, 0.25) is 11.8 Å². The van der Waals surface area contributed by atoms with Gasteiger partial charge >= 0.3 is 0 Å². The van der Waals surface area contributed by atoms with Gasteiger partial charge < -0.3 is 14.8 Å². The Morgan fingerprint density at radius 2 is 2.06 bits per heavy atom. The fraction of sp³-hybridized carbons (Fsp3) is 0.500. The number of rotatable bonds is 6. The van der Waals surface area contributed by atoms with Crippen LogP contribution in [-0.4, -0.2) is 62.2 Å². The molecule has 1 unspecified atom stereocenters. The monoisotopic (exact) mass is 450 g/mol. The predicted molar refractivity (Wildman–Crippen MR) is 122 cm³/mol. The van der Waals surface area contributed by atoms with E-state index in [4.69, 9.17) is 0 Å². The Hall–Kier alpha value is -3.20. The molecule has 5 rings (SSSR count). The average Bonchev–Trinajstić information content (AvgIpc) is 3.35. The lowest BCUT2D eigenvalue weighted by Crippen LogP contribution is -2.52. The third kappa shape index (κ3) is 4.37. The fourth-order valence-electron chi connectivity index (χ4n) is 5.16. The summed E-state index contributed by atoms with van der Waals surface area (Å²) in [5, 5.41) is 5.92. The number of imidazole rings is 1. The number of aryl methyl sites for hydroxylation is 1. The van der Waals surface area contributed by atoms with Gasteiger partial charge in [-0.15, -0.1) is 0 Å². The predicted octanol–water partition coefficient (Wildman–Crippen LogP) is 1.65. The summed E-state index contributed by atoms with van der Waals surface area (Å²) in [6.07, 6.45) is 8.02. The number of anilines is 1. The Morgan fingerprint density at radius 3 is 2.85 bits per heavy atom. The smallest absolute Gasteiger partial charge is 0.255 e. The van der Waals surface area contributed by atoms with Crippen molar-refractivity contribution in [2.75, 3.05) is 18.4 Å². The number of nitrogens with one attached hydrogen (secondary N) is 2. The lowest BCUT2D eigenvalue weighted by Gasteiger charge is -2.36. The van der Waals surface area contributed by atoms with E-state index in [1.54, 1.807) is 4.90 Å². The average molecular weight is 451 g/mol. The van der Waals surface area contributed by atoms with Crippen LogP contribution in [0.2, 0.25) is 0 Å². The molecule has 33 heavy (non-hydrogen) atoms. The molecule has 3 aliphatic heterocycles. The summed E-state index contributed by atoms with van der Waals surface area (Å²) >= 11 is 0. The molecule has 3 amide bonds. The number of piperidine rings is 2. The summed E-state index contributed by atoms with van der Waals surface area (Å²) in [5.74, 6) is -0.788. The minimum Gasteiger partial charge on any atom is -0.383 e. The minimum atomic E-state index is -0.582. The van der Waals surface area contributed by atoms with Crippen molar-refractivity contribution < 1.29 is 14.4 Å². The zero-order valence-electron chi connectivity index (χ0n) is 18.9. The molecule has 3 aliphatic rings. The Bertz CT molecular complexity index is 1080. The second kappa shape index (κ2) is 8.97. The van der Waals surface area contributed by atoms with Crippen molar-refractivity contribution in [2.45, 2.75) is 57.3 Å². The molecule has 2 N–H and O–H groups in total. The van der Waals surface area contributed by atoms with E-state index >= 15 is 0 Å². The molecule has 2 atom stereocenters. The van der Waals surface area contributed by atoms with Crippen LogP contribution in [-0.2, 0) is 29.7 Å². The first-order valence-electron chi connectivity index (χ1n) is 11.7. The minimum absolute atomic E-state index is 0.138. The van der Waals surface area contributed by atoms with E-state index in [0.29, 0.717) is 24.6 Å². The van der Waals surface area contributed by atoms with Crippen molar-refractivity contribution in [1.82, 2.24) is 24.7 Å². The van der Waals surface area contributed by atoms with Gasteiger partial charge in [-0.1, -0.05) is 6.42 Å². The van der Waals surface area contributed by atoms with Crippen LogP contribution >= 0.6 is 0 Å². The topological polar surface area (TPSA) is 99.6 Å². The SMILES string of the molecule is Cn1cncc1CN1CCCC[C@@H]1CNc1ccc2c(c1)CN(C1CCC(=O)NC1=O)C2=O. The number of aromatic nitrogens is 2. The molecule has 0 bridgehead atoms. The number of carbonyl (C=O) groups excluding carboxylic acids is 3. The van der Waals surface area contributed by atoms with E-state index in [-0.39, 0.29) is 24.1 Å². The molecule has 2 fully saturated rings. The number of benzene rings is 1. The van der Waals surface area contributed by atoms with Crippen molar-refractivity contribution in [3.63, 3.8) is 0 Å². The number of amides is 3. The molecule has 0 spiro atoms. The highest BCUT2D eigenvalue weighted by molar-refractivity contribution is 6.05. The van der Waals surface area contributed by atoms with Crippen molar-refractivity contribution in [3.8, 4) is 0 Å². The quantitative estimate of drug-likeness (QED) is 0.650. The van der Waals surface area contributed by atoms with Gasteiger partial charge in [-0.25, -0.2) is 4.98 Å². The first kappa shape index (κ1) is 21.6. The largest absolute Gasteiger partial charge is 0.383 e. The highest BCUT2D eigenvalue weighted by Gasteiger charge is 2.39. The van der Waals surface area contributed by atoms with Crippen molar-refractivity contribution >= 4 is 23.4 Å². The highest BCUT2D eigenvalue weighted by atomic mass is 16.2. The number of fused-ring (bicyclic) bond motifs is 1. The van der Waals surface area contributed by atoms with Crippen LogP contribution in [0.5, 0.6) is 0 Å². The zero-order valence-corrected chi connectivity index (χ0v) is 18.9. The normalized spacial score (nSPS) is 23.5. The molecular weight excluding hydrogens is 420 g/mol. The molecule has 4 heterocycles. The standard InChI is InChI=1S/C24H30N6O3/c1-28-15-25-11-19(28)14-29-9-3-2-4-18(29)12-26-17-5-6-20-16(10-17)13-30(24(20)33)21-7-8-22(31)27-23(21)32/h5-6,10-11,15,18,21,26H,2-4,7-9,12-14H2,1H3,(H,27,31,32)/t18-,21?/m1/s1. The maximum absolute atomic E-state index is 12.9. The number of carbonyl (C=O) groups is 3. The Balaban J connectivity index is 1.23. The summed E-state index contributed by atoms with van der Waals surface area (Å²) in [5.41, 5.74) is 3.76. The fourth-order valence-corrected chi connectivity index (χ4v) is 5.16. The van der Waals surface area contributed by atoms with Crippen molar-refractivity contribution in [3.05, 3.63) is 47.5 Å². The van der Waals surface area contributed by atoms with Crippen molar-refractivity contribution in [2.24, 2.45) is 7.05 Å². The van der Waals surface area contributed by atoms with Crippen molar-refractivity contribution in [1.29, 1.82) is 0 Å². The zero-order chi connectivity index (χ0) is 22.9. The second-order valence-corrected chi connectivity index (χ2v) is 9.27. The molecular formula is C24H30N6O3. The second-order valence-electron chi connectivity index (χ2n) is 9.27. The summed E-state index contributed by atoms with van der Waals surface area (Å²) in [6.45, 7) is 3.20. The van der Waals surface area contributed by atoms with Gasteiger partial charge in [-0.3, -0.25) is 24.6 Å². The summed E-state index contributed by atoms with van der Waals surface area (Å²) in [6, 6.07) is 5.66. The molecule has 2 saturated heterocycles. The first-order chi connectivity index (χ1) is 16.0. The third-order valence-electron chi connectivity index (χ3n) is 7.10. The molecule has 9 nitrogen and oxygen atoms in total. The lowest BCUT2D eigenvalue weighted by molar-refractivity contribution is -0.136. The van der Waals surface area contributed by atoms with E-state index in [2.05, 4.69) is 25.1 Å². The number of hydrogen-bond acceptors (Lipinski definition) is 6. The molecule has 1 aromatic heterocycles. The first-order valence-corrected chi connectivity index (χ1v) is 11.7. The van der Waals surface area contributed by atoms with Gasteiger partial charge in [0, 0.05) is 56.6 Å². The van der Waals surface area contributed by atoms with Gasteiger partial charge in [-0.05, 0) is 49.6 Å². The maximum Gasteiger partial charge on any atom is 0.255 e. The maximum atomic E-state index is 12.9. The Kier molecular flexibility index (Phi) is 5.88. The molecule has 0 aliphatic carbocycles. The van der Waals surface area contributed by atoms with E-state index in [9.17, 15) is 14.4 Å². The number of imide groups is 1. The van der Waals surface area contributed by atoms with Crippen LogP contribution < -0.4 is 10.6 Å². The van der Waals surface area contributed by atoms with Crippen LogP contribution in [0.15, 0.2) is 30.7 Å². The number of nitrogens with zero attached hydrogens (tertiary/aromatic N) is 4. The van der Waals surface area contributed by atoms with Gasteiger partial charge in [0.15, 0.2) is 0 Å². The van der Waals surface area contributed by atoms with E-state index in [1.807, 2.05) is 37.8 Å². The van der Waals surface area contributed by atoms with Gasteiger partial charge in [-0.2, -0.15) is 0 Å². The van der Waals surface area contributed by atoms with Crippen LogP contribution in [0.25, 0.3) is 0 Å². The lowest BCUT2D eigenvalue weighted by atomic mass is 10.0. The molecule has 9 heteroatoms. The Labute approximate surface area is 193 Å². The van der Waals surface area contributed by atoms with Gasteiger partial charge in [0.1, 0.15) is 6.04 Å². The van der Waals surface area contributed by atoms with Gasteiger partial charge in [0.25, 0.3) is 5.91 Å². The molecule has 174 valence electrons. The number of hydrogen-bond donors (Lipinski definition) is 2. The summed E-state index contributed by atoms with van der Waals surface area (Å²) in [7, 11) is 2.03. The van der Waals surface area contributed by atoms with E-state index in [1.165, 1.54) is 18.5 Å². The molecule has 0 saturated carbocycles. The van der Waals surface area contributed by atoms with Crippen LogP contribution in [0.3, 0.4) is 0 Å². The molecule has 1 aromatic carbocycles. The molecule has 0 radical (unpaired) electrons. The molecule has 2 aromatic rings. The van der Waals surface area contributed by atoms with Crippen LogP contribution in [0.1, 0.15) is 53.7 Å². The van der Waals surface area contributed by atoms with Crippen LogP contribution in [0, 0.1) is 0 Å². The Morgan fingerprint density at radius 1 is 1.18 bits per heavy atom. The highest BCUT2D eigenvalue weighted by Crippen LogP contribution is 2.30.